The van der Waals surface area contributed by atoms with E-state index in [1.54, 1.807) is 0 Å². The lowest BCUT2D eigenvalue weighted by Gasteiger charge is -2.09. The van der Waals surface area contributed by atoms with E-state index in [-0.39, 0.29) is 0 Å². The molecule has 0 radical (unpaired) electrons. The Bertz CT molecular complexity index is 279. The van der Waals surface area contributed by atoms with Gasteiger partial charge in [-0.25, -0.2) is 4.98 Å². The molecule has 0 aromatic carbocycles. The van der Waals surface area contributed by atoms with Crippen molar-refractivity contribution in [3.63, 3.8) is 0 Å². The highest BCUT2D eigenvalue weighted by atomic mass is 16.5. The van der Waals surface area contributed by atoms with Crippen LogP contribution in [0, 0.1) is 6.92 Å². The van der Waals surface area contributed by atoms with Gasteiger partial charge < -0.3 is 14.5 Å². The third kappa shape index (κ3) is 2.33. The lowest BCUT2D eigenvalue weighted by Crippen LogP contribution is -2.25. The van der Waals surface area contributed by atoms with Crippen LogP contribution < -0.4 is 5.32 Å². The smallest absolute Gasteiger partial charge is 0.181 e. The number of ether oxygens (including phenoxy) is 1. The number of rotatable bonds is 4. The highest BCUT2D eigenvalue weighted by Crippen LogP contribution is 2.11. The number of hydrogen-bond acceptors (Lipinski definition) is 4. The summed E-state index contributed by atoms with van der Waals surface area (Å²) in [6.45, 7) is 4.51. The molecule has 1 N–H and O–H groups in total. The van der Waals surface area contributed by atoms with E-state index in [9.17, 15) is 0 Å². The van der Waals surface area contributed by atoms with E-state index >= 15 is 0 Å². The van der Waals surface area contributed by atoms with Crippen molar-refractivity contribution in [1.29, 1.82) is 0 Å². The van der Waals surface area contributed by atoms with Gasteiger partial charge >= 0.3 is 0 Å². The molecule has 0 saturated carbocycles. The van der Waals surface area contributed by atoms with Gasteiger partial charge in [-0.1, -0.05) is 0 Å². The second-order valence-electron chi connectivity index (χ2n) is 3.63. The van der Waals surface area contributed by atoms with Crippen LogP contribution in [0.25, 0.3) is 0 Å². The second-order valence-corrected chi connectivity index (χ2v) is 3.63. The summed E-state index contributed by atoms with van der Waals surface area (Å²) < 4.78 is 10.7. The maximum atomic E-state index is 5.49. The number of nitrogens with zero attached hydrogens (tertiary/aromatic N) is 1. The van der Waals surface area contributed by atoms with Crippen LogP contribution in [0.3, 0.4) is 0 Å². The third-order valence-electron chi connectivity index (χ3n) is 2.53. The van der Waals surface area contributed by atoms with Crippen LogP contribution in [0.5, 0.6) is 0 Å². The molecule has 0 aliphatic carbocycles. The van der Waals surface area contributed by atoms with Crippen molar-refractivity contribution in [3.8, 4) is 0 Å². The Hall–Kier alpha value is -0.870. The van der Waals surface area contributed by atoms with Gasteiger partial charge in [-0.2, -0.15) is 0 Å². The molecule has 0 amide bonds. The van der Waals surface area contributed by atoms with E-state index < -0.39 is 0 Å². The van der Waals surface area contributed by atoms with Crippen molar-refractivity contribution in [2.45, 2.75) is 32.4 Å². The lowest BCUT2D eigenvalue weighted by molar-refractivity contribution is 0.109. The Morgan fingerprint density at radius 2 is 2.57 bits per heavy atom. The summed E-state index contributed by atoms with van der Waals surface area (Å²) in [5, 5.41) is 3.31. The van der Waals surface area contributed by atoms with Crippen LogP contribution in [0.2, 0.25) is 0 Å². The van der Waals surface area contributed by atoms with Crippen molar-refractivity contribution in [1.82, 2.24) is 10.3 Å². The molecule has 1 aromatic heterocycles. The van der Waals surface area contributed by atoms with E-state index in [4.69, 9.17) is 9.15 Å². The molecular formula is C10H16N2O2. The maximum Gasteiger partial charge on any atom is 0.181 e. The normalized spacial score (nSPS) is 21.6. The van der Waals surface area contributed by atoms with Gasteiger partial charge in [0.15, 0.2) is 6.39 Å². The van der Waals surface area contributed by atoms with Gasteiger partial charge in [0.25, 0.3) is 0 Å². The molecule has 1 saturated heterocycles. The first-order valence-electron chi connectivity index (χ1n) is 5.07. The SMILES string of the molecule is Cc1ncoc1CNCC1CCCO1. The quantitative estimate of drug-likeness (QED) is 0.787. The van der Waals surface area contributed by atoms with Gasteiger partial charge in [0, 0.05) is 13.2 Å². The summed E-state index contributed by atoms with van der Waals surface area (Å²) in [6, 6.07) is 0. The Balaban J connectivity index is 1.70. The van der Waals surface area contributed by atoms with Crippen LogP contribution in [-0.4, -0.2) is 24.2 Å². The minimum absolute atomic E-state index is 0.387. The van der Waals surface area contributed by atoms with E-state index in [1.165, 1.54) is 19.2 Å². The fourth-order valence-corrected chi connectivity index (χ4v) is 1.65. The standard InChI is InChI=1S/C10H16N2O2/c1-8-10(14-7-12-8)6-11-5-9-3-2-4-13-9/h7,9,11H,2-6H2,1H3. The number of nitrogens with one attached hydrogen (secondary N) is 1. The topological polar surface area (TPSA) is 47.3 Å². The summed E-state index contributed by atoms with van der Waals surface area (Å²) in [5.74, 6) is 0.919. The molecule has 1 atom stereocenters. The van der Waals surface area contributed by atoms with Crippen LogP contribution in [0.1, 0.15) is 24.3 Å². The first kappa shape index (κ1) is 9.68. The zero-order valence-corrected chi connectivity index (χ0v) is 8.45. The summed E-state index contributed by atoms with van der Waals surface area (Å²) >= 11 is 0. The van der Waals surface area contributed by atoms with Gasteiger partial charge in [-0.05, 0) is 19.8 Å². The average molecular weight is 196 g/mol. The maximum absolute atomic E-state index is 5.49. The predicted octanol–water partition coefficient (Wildman–Crippen LogP) is 1.25. The molecule has 1 aliphatic rings. The van der Waals surface area contributed by atoms with Crippen LogP contribution in [0.15, 0.2) is 10.8 Å². The molecular weight excluding hydrogens is 180 g/mol. The average Bonchev–Trinajstić information content (AvgIpc) is 2.78. The van der Waals surface area contributed by atoms with Gasteiger partial charge in [0.1, 0.15) is 5.76 Å². The molecule has 2 rings (SSSR count). The molecule has 0 spiro atoms. The van der Waals surface area contributed by atoms with Gasteiger partial charge in [-0.3, -0.25) is 0 Å². The molecule has 1 unspecified atom stereocenters. The molecule has 0 bridgehead atoms. The highest BCUT2D eigenvalue weighted by Gasteiger charge is 2.14. The third-order valence-corrected chi connectivity index (χ3v) is 2.53. The molecule has 1 aliphatic heterocycles. The van der Waals surface area contributed by atoms with E-state index in [0.29, 0.717) is 6.10 Å². The molecule has 2 heterocycles. The summed E-state index contributed by atoms with van der Waals surface area (Å²) in [7, 11) is 0. The number of hydrogen-bond donors (Lipinski definition) is 1. The Kier molecular flexibility index (Phi) is 3.16. The fraction of sp³-hybridized carbons (Fsp3) is 0.700. The zero-order valence-electron chi connectivity index (χ0n) is 8.45. The van der Waals surface area contributed by atoms with Crippen molar-refractivity contribution in [3.05, 3.63) is 17.8 Å². The summed E-state index contributed by atoms with van der Waals surface area (Å²) in [6.07, 6.45) is 4.23. The monoisotopic (exact) mass is 196 g/mol. The minimum atomic E-state index is 0.387. The van der Waals surface area contributed by atoms with Crippen molar-refractivity contribution < 1.29 is 9.15 Å². The van der Waals surface area contributed by atoms with Crippen LogP contribution >= 0.6 is 0 Å². The predicted molar refractivity (Wildman–Crippen MR) is 51.9 cm³/mol. The molecule has 1 aromatic rings. The number of oxazole rings is 1. The zero-order chi connectivity index (χ0) is 9.80. The Morgan fingerprint density at radius 3 is 3.21 bits per heavy atom. The first-order chi connectivity index (χ1) is 6.86. The second kappa shape index (κ2) is 4.57. The van der Waals surface area contributed by atoms with Crippen LogP contribution in [-0.2, 0) is 11.3 Å². The van der Waals surface area contributed by atoms with Crippen molar-refractivity contribution >= 4 is 0 Å². The molecule has 4 nitrogen and oxygen atoms in total. The Labute approximate surface area is 83.7 Å². The summed E-state index contributed by atoms with van der Waals surface area (Å²) in [4.78, 5) is 4.03. The van der Waals surface area contributed by atoms with Gasteiger partial charge in [-0.15, -0.1) is 0 Å². The summed E-state index contributed by atoms with van der Waals surface area (Å²) in [5.41, 5.74) is 0.963. The number of aryl methyl sites for hydroxylation is 1. The minimum Gasteiger partial charge on any atom is -0.447 e. The number of aromatic nitrogens is 1. The molecule has 4 heteroatoms. The van der Waals surface area contributed by atoms with Crippen molar-refractivity contribution in [2.24, 2.45) is 0 Å². The largest absolute Gasteiger partial charge is 0.447 e. The molecule has 1 fully saturated rings. The molecule has 78 valence electrons. The lowest BCUT2D eigenvalue weighted by atomic mass is 10.2. The van der Waals surface area contributed by atoms with Gasteiger partial charge in [0.2, 0.25) is 0 Å². The molecule has 14 heavy (non-hydrogen) atoms. The first-order valence-corrected chi connectivity index (χ1v) is 5.07. The van der Waals surface area contributed by atoms with E-state index in [0.717, 1.165) is 31.2 Å². The van der Waals surface area contributed by atoms with E-state index in [2.05, 4.69) is 10.3 Å². The fourth-order valence-electron chi connectivity index (χ4n) is 1.65. The Morgan fingerprint density at radius 1 is 1.64 bits per heavy atom. The van der Waals surface area contributed by atoms with Crippen LogP contribution in [0.4, 0.5) is 0 Å². The van der Waals surface area contributed by atoms with Crippen molar-refractivity contribution in [2.75, 3.05) is 13.2 Å². The van der Waals surface area contributed by atoms with Gasteiger partial charge in [0.05, 0.1) is 18.3 Å². The highest BCUT2D eigenvalue weighted by molar-refractivity contribution is 5.03. The van der Waals surface area contributed by atoms with E-state index in [1.807, 2.05) is 6.92 Å².